The van der Waals surface area contributed by atoms with E-state index < -0.39 is 15.0 Å². The summed E-state index contributed by atoms with van der Waals surface area (Å²) in [6.07, 6.45) is 13.9. The van der Waals surface area contributed by atoms with E-state index in [9.17, 15) is 18.1 Å². The molecule has 0 aliphatic heterocycles. The number of ether oxygens (including phenoxy) is 1. The molecule has 0 aliphatic carbocycles. The molecule has 6 heteroatoms. The third-order valence-electron chi connectivity index (χ3n) is 5.15. The molecular formula is C24H34O5S. The Morgan fingerprint density at radius 2 is 1.47 bits per heavy atom. The van der Waals surface area contributed by atoms with Crippen LogP contribution in [-0.2, 0) is 16.5 Å². The van der Waals surface area contributed by atoms with Crippen LogP contribution in [0.4, 0.5) is 0 Å². The van der Waals surface area contributed by atoms with Gasteiger partial charge in [-0.1, -0.05) is 76.8 Å². The number of aromatic hydroxyl groups is 1. The van der Waals surface area contributed by atoms with Crippen LogP contribution in [0, 0.1) is 0 Å². The maximum atomic E-state index is 11.5. The van der Waals surface area contributed by atoms with Crippen molar-refractivity contribution < 1.29 is 22.8 Å². The van der Waals surface area contributed by atoms with Crippen molar-refractivity contribution in [3.05, 3.63) is 48.0 Å². The first kappa shape index (κ1) is 24.2. The van der Waals surface area contributed by atoms with E-state index >= 15 is 0 Å². The van der Waals surface area contributed by atoms with Crippen molar-refractivity contribution in [2.75, 3.05) is 0 Å². The molecule has 0 unspecified atom stereocenters. The molecule has 0 saturated heterocycles. The average molecular weight is 435 g/mol. The minimum atomic E-state index is -4.50. The van der Waals surface area contributed by atoms with Gasteiger partial charge in [0.15, 0.2) is 0 Å². The van der Waals surface area contributed by atoms with E-state index in [2.05, 4.69) is 6.92 Å². The van der Waals surface area contributed by atoms with E-state index in [1.807, 2.05) is 18.2 Å². The Labute approximate surface area is 180 Å². The molecule has 30 heavy (non-hydrogen) atoms. The summed E-state index contributed by atoms with van der Waals surface area (Å²) in [7, 11) is -4.50. The summed E-state index contributed by atoms with van der Waals surface area (Å²) in [5.74, 6) is 0.214. The zero-order chi connectivity index (χ0) is 21.8. The molecule has 2 rings (SSSR count). The first-order chi connectivity index (χ1) is 14.4. The summed E-state index contributed by atoms with van der Waals surface area (Å²) in [5, 5.41) is 9.50. The molecule has 0 atom stereocenters. The fraction of sp³-hybridized carbons (Fsp3) is 0.500. The smallest absolute Gasteiger partial charge is 0.298 e. The number of rotatable bonds is 14. The van der Waals surface area contributed by atoms with Crippen LogP contribution >= 0.6 is 0 Å². The van der Waals surface area contributed by atoms with Gasteiger partial charge in [0.25, 0.3) is 10.1 Å². The summed E-state index contributed by atoms with van der Waals surface area (Å²) in [4.78, 5) is -0.456. The molecule has 0 saturated carbocycles. The van der Waals surface area contributed by atoms with E-state index in [-0.39, 0.29) is 11.5 Å². The normalized spacial score (nSPS) is 11.5. The minimum Gasteiger partial charge on any atom is -0.508 e. The quantitative estimate of drug-likeness (QED) is 0.250. The summed E-state index contributed by atoms with van der Waals surface area (Å²) in [5.41, 5.74) is 1.12. The first-order valence-electron chi connectivity index (χ1n) is 11.0. The predicted octanol–water partition coefficient (Wildman–Crippen LogP) is 6.89. The molecular weight excluding hydrogens is 400 g/mol. The fourth-order valence-electron chi connectivity index (χ4n) is 3.49. The SMILES string of the molecule is CCCCCCCCCCCCc1cccc(Oc2ccc(O)cc2S(=O)(=O)O)c1. The largest absolute Gasteiger partial charge is 0.508 e. The zero-order valence-electron chi connectivity index (χ0n) is 17.8. The molecule has 0 radical (unpaired) electrons. The van der Waals surface area contributed by atoms with Gasteiger partial charge in [0.1, 0.15) is 22.1 Å². The maximum absolute atomic E-state index is 11.5. The highest BCUT2D eigenvalue weighted by molar-refractivity contribution is 7.86. The van der Waals surface area contributed by atoms with Gasteiger partial charge in [0.05, 0.1) is 0 Å². The number of hydrogen-bond donors (Lipinski definition) is 2. The van der Waals surface area contributed by atoms with Crippen molar-refractivity contribution in [3.8, 4) is 17.2 Å². The highest BCUT2D eigenvalue weighted by Crippen LogP contribution is 2.32. The second kappa shape index (κ2) is 12.6. The highest BCUT2D eigenvalue weighted by atomic mass is 32.2. The standard InChI is InChI=1S/C24H34O5S/c1-2-3-4-5-6-7-8-9-10-11-13-20-14-12-15-22(18-20)29-23-17-16-21(25)19-24(23)30(26,27)28/h12,14-19,25H,2-11,13H2,1H3,(H,26,27,28). The molecule has 0 aliphatic rings. The van der Waals surface area contributed by atoms with E-state index in [4.69, 9.17) is 4.74 Å². The van der Waals surface area contributed by atoms with Gasteiger partial charge < -0.3 is 9.84 Å². The second-order valence-electron chi connectivity index (χ2n) is 7.79. The van der Waals surface area contributed by atoms with E-state index in [1.165, 1.54) is 69.9 Å². The van der Waals surface area contributed by atoms with Crippen LogP contribution in [0.5, 0.6) is 17.2 Å². The lowest BCUT2D eigenvalue weighted by Gasteiger charge is -2.11. The lowest BCUT2D eigenvalue weighted by Crippen LogP contribution is -2.01. The Morgan fingerprint density at radius 3 is 2.10 bits per heavy atom. The molecule has 5 nitrogen and oxygen atoms in total. The summed E-state index contributed by atoms with van der Waals surface area (Å²) in [6, 6.07) is 11.1. The van der Waals surface area contributed by atoms with Gasteiger partial charge in [-0.3, -0.25) is 4.55 Å². The van der Waals surface area contributed by atoms with Crippen LogP contribution in [0.15, 0.2) is 47.4 Å². The molecule has 2 aromatic carbocycles. The van der Waals surface area contributed by atoms with Gasteiger partial charge >= 0.3 is 0 Å². The third-order valence-corrected chi connectivity index (χ3v) is 6.03. The first-order valence-corrected chi connectivity index (χ1v) is 12.4. The predicted molar refractivity (Wildman–Crippen MR) is 120 cm³/mol. The Balaban J connectivity index is 1.79. The second-order valence-corrected chi connectivity index (χ2v) is 9.18. The molecule has 2 N–H and O–H groups in total. The number of phenols is 1. The molecule has 166 valence electrons. The van der Waals surface area contributed by atoms with Crippen LogP contribution in [0.3, 0.4) is 0 Å². The van der Waals surface area contributed by atoms with Crippen molar-refractivity contribution >= 4 is 10.1 Å². The topological polar surface area (TPSA) is 83.8 Å². The summed E-state index contributed by atoms with van der Waals surface area (Å²) < 4.78 is 38.1. The van der Waals surface area contributed by atoms with Crippen LogP contribution < -0.4 is 4.74 Å². The molecule has 0 aromatic heterocycles. The molecule has 0 spiro atoms. The third kappa shape index (κ3) is 8.76. The molecule has 0 bridgehead atoms. The van der Waals surface area contributed by atoms with E-state index in [0.717, 1.165) is 24.5 Å². The lowest BCUT2D eigenvalue weighted by atomic mass is 10.0. The number of benzene rings is 2. The van der Waals surface area contributed by atoms with Crippen molar-refractivity contribution in [2.24, 2.45) is 0 Å². The minimum absolute atomic E-state index is 0.0219. The monoisotopic (exact) mass is 434 g/mol. The van der Waals surface area contributed by atoms with Crippen molar-refractivity contribution in [1.82, 2.24) is 0 Å². The van der Waals surface area contributed by atoms with Crippen molar-refractivity contribution in [2.45, 2.75) is 82.4 Å². The maximum Gasteiger partial charge on any atom is 0.298 e. The van der Waals surface area contributed by atoms with Gasteiger partial charge in [0, 0.05) is 6.07 Å². The molecule has 0 amide bonds. The molecule has 0 heterocycles. The van der Waals surface area contributed by atoms with Crippen LogP contribution in [0.2, 0.25) is 0 Å². The number of unbranched alkanes of at least 4 members (excludes halogenated alkanes) is 9. The average Bonchev–Trinajstić information content (AvgIpc) is 2.70. The Kier molecular flexibility index (Phi) is 10.2. The van der Waals surface area contributed by atoms with Crippen LogP contribution in [0.1, 0.15) is 76.7 Å². The van der Waals surface area contributed by atoms with Gasteiger partial charge in [0.2, 0.25) is 0 Å². The Hall–Kier alpha value is -2.05. The Morgan fingerprint density at radius 1 is 0.833 bits per heavy atom. The number of hydrogen-bond acceptors (Lipinski definition) is 4. The van der Waals surface area contributed by atoms with Gasteiger partial charge in [-0.05, 0) is 42.7 Å². The summed E-state index contributed by atoms with van der Waals surface area (Å²) >= 11 is 0. The molecule has 2 aromatic rings. The van der Waals surface area contributed by atoms with Gasteiger partial charge in [-0.15, -0.1) is 0 Å². The van der Waals surface area contributed by atoms with Crippen LogP contribution in [0.25, 0.3) is 0 Å². The molecule has 0 fully saturated rings. The van der Waals surface area contributed by atoms with Crippen molar-refractivity contribution in [1.29, 1.82) is 0 Å². The highest BCUT2D eigenvalue weighted by Gasteiger charge is 2.18. The van der Waals surface area contributed by atoms with E-state index in [1.54, 1.807) is 6.07 Å². The van der Waals surface area contributed by atoms with Crippen molar-refractivity contribution in [3.63, 3.8) is 0 Å². The number of phenolic OH excluding ortho intramolecular Hbond substituents is 1. The van der Waals surface area contributed by atoms with Crippen LogP contribution in [-0.4, -0.2) is 18.1 Å². The Bertz CT molecular complexity index is 877. The van der Waals surface area contributed by atoms with Gasteiger partial charge in [-0.2, -0.15) is 8.42 Å². The number of aryl methyl sites for hydroxylation is 1. The van der Waals surface area contributed by atoms with Gasteiger partial charge in [-0.25, -0.2) is 0 Å². The zero-order valence-corrected chi connectivity index (χ0v) is 18.7. The summed E-state index contributed by atoms with van der Waals surface area (Å²) in [6.45, 7) is 2.24. The van der Waals surface area contributed by atoms with E-state index in [0.29, 0.717) is 5.75 Å². The fourth-order valence-corrected chi connectivity index (χ4v) is 4.12. The lowest BCUT2D eigenvalue weighted by molar-refractivity contribution is 0.438.